The van der Waals surface area contributed by atoms with Gasteiger partial charge in [-0.2, -0.15) is 0 Å². The number of sulfonamides is 1. The number of para-hydroxylation sites is 1. The molecule has 3 aromatic carbocycles. The zero-order valence-electron chi connectivity index (χ0n) is 14.3. The van der Waals surface area contributed by atoms with E-state index in [0.29, 0.717) is 11.4 Å². The van der Waals surface area contributed by atoms with E-state index < -0.39 is 15.9 Å². The maximum absolute atomic E-state index is 12.2. The van der Waals surface area contributed by atoms with Gasteiger partial charge >= 0.3 is 0 Å². The molecule has 0 unspecified atom stereocenters. The highest BCUT2D eigenvalue weighted by molar-refractivity contribution is 7.89. The van der Waals surface area contributed by atoms with Crippen LogP contribution in [0, 0.1) is 0 Å². The topological polar surface area (TPSA) is 98.5 Å². The molecule has 1 amide bonds. The van der Waals surface area contributed by atoms with Gasteiger partial charge in [0.2, 0.25) is 10.0 Å². The van der Waals surface area contributed by atoms with Crippen LogP contribution in [0.2, 0.25) is 0 Å². The van der Waals surface area contributed by atoms with Gasteiger partial charge in [0.1, 0.15) is 5.75 Å². The van der Waals surface area contributed by atoms with E-state index in [1.165, 1.54) is 18.2 Å². The van der Waals surface area contributed by atoms with Crippen molar-refractivity contribution in [2.45, 2.75) is 4.90 Å². The molecule has 0 saturated carbocycles. The summed E-state index contributed by atoms with van der Waals surface area (Å²) in [4.78, 5) is 12.1. The zero-order valence-corrected chi connectivity index (χ0v) is 15.1. The van der Waals surface area contributed by atoms with Crippen LogP contribution in [-0.4, -0.2) is 20.9 Å². The molecule has 0 aliphatic rings. The average molecular weight is 382 g/mol. The van der Waals surface area contributed by atoms with Crippen molar-refractivity contribution >= 4 is 21.6 Å². The Morgan fingerprint density at radius 1 is 0.926 bits per heavy atom. The maximum Gasteiger partial charge on any atom is 0.262 e. The van der Waals surface area contributed by atoms with Crippen LogP contribution in [0.1, 0.15) is 0 Å². The van der Waals surface area contributed by atoms with Gasteiger partial charge in [-0.3, -0.25) is 4.79 Å². The van der Waals surface area contributed by atoms with Crippen LogP contribution in [-0.2, 0) is 14.8 Å². The number of carbonyl (C=O) groups is 1. The Hall–Kier alpha value is -3.16. The first-order chi connectivity index (χ1) is 12.9. The van der Waals surface area contributed by atoms with Gasteiger partial charge in [0.05, 0.1) is 4.90 Å². The molecule has 0 heterocycles. The number of nitrogens with one attached hydrogen (secondary N) is 1. The summed E-state index contributed by atoms with van der Waals surface area (Å²) in [5.74, 6) is 0.168. The molecule has 3 rings (SSSR count). The van der Waals surface area contributed by atoms with Gasteiger partial charge in [-0.15, -0.1) is 0 Å². The van der Waals surface area contributed by atoms with Crippen molar-refractivity contribution in [3.8, 4) is 16.9 Å². The highest BCUT2D eigenvalue weighted by Gasteiger charge is 2.11. The Morgan fingerprint density at radius 2 is 1.63 bits per heavy atom. The van der Waals surface area contributed by atoms with E-state index in [1.807, 2.05) is 48.5 Å². The number of ether oxygens (including phenoxy) is 1. The largest absolute Gasteiger partial charge is 0.483 e. The SMILES string of the molecule is NS(=O)(=O)c1cccc(NC(=O)COc2ccccc2-c2ccccc2)c1. The summed E-state index contributed by atoms with van der Waals surface area (Å²) in [5, 5.41) is 7.70. The van der Waals surface area contributed by atoms with E-state index in [4.69, 9.17) is 9.88 Å². The molecule has 3 aromatic rings. The monoisotopic (exact) mass is 382 g/mol. The molecule has 0 aliphatic carbocycles. The Balaban J connectivity index is 1.69. The molecule has 6 nitrogen and oxygen atoms in total. The summed E-state index contributed by atoms with van der Waals surface area (Å²) in [6.45, 7) is -0.219. The number of rotatable bonds is 6. The van der Waals surface area contributed by atoms with Crippen molar-refractivity contribution in [2.24, 2.45) is 5.14 Å². The first-order valence-corrected chi connectivity index (χ1v) is 9.68. The summed E-state index contributed by atoms with van der Waals surface area (Å²) in [6.07, 6.45) is 0. The standard InChI is InChI=1S/C20H18N2O4S/c21-27(24,25)17-10-6-9-16(13-17)22-20(23)14-26-19-12-5-4-11-18(19)15-7-2-1-3-8-15/h1-13H,14H2,(H,22,23)(H2,21,24,25). The van der Waals surface area contributed by atoms with E-state index in [-0.39, 0.29) is 11.5 Å². The van der Waals surface area contributed by atoms with Crippen molar-refractivity contribution in [1.29, 1.82) is 0 Å². The van der Waals surface area contributed by atoms with Gasteiger partial charge in [0.25, 0.3) is 5.91 Å². The summed E-state index contributed by atoms with van der Waals surface area (Å²) in [6, 6.07) is 22.9. The Bertz CT molecular complexity index is 1050. The molecule has 3 N–H and O–H groups in total. The van der Waals surface area contributed by atoms with Gasteiger partial charge < -0.3 is 10.1 Å². The number of hydrogen-bond donors (Lipinski definition) is 2. The summed E-state index contributed by atoms with van der Waals surface area (Å²) >= 11 is 0. The van der Waals surface area contributed by atoms with Crippen molar-refractivity contribution in [3.05, 3.63) is 78.9 Å². The minimum Gasteiger partial charge on any atom is -0.483 e. The molecule has 0 aromatic heterocycles. The molecule has 0 fully saturated rings. The number of primary sulfonamides is 1. The van der Waals surface area contributed by atoms with Crippen LogP contribution in [0.3, 0.4) is 0 Å². The predicted octanol–water partition coefficient (Wildman–Crippen LogP) is 3.02. The Morgan fingerprint density at radius 3 is 2.37 bits per heavy atom. The van der Waals surface area contributed by atoms with Crippen LogP contribution in [0.25, 0.3) is 11.1 Å². The second kappa shape index (κ2) is 8.03. The highest BCUT2D eigenvalue weighted by Crippen LogP contribution is 2.29. The van der Waals surface area contributed by atoms with Gasteiger partial charge in [-0.1, -0.05) is 54.6 Å². The lowest BCUT2D eigenvalue weighted by Crippen LogP contribution is -2.20. The molecular formula is C20H18N2O4S. The molecule has 7 heteroatoms. The molecule has 0 atom stereocenters. The van der Waals surface area contributed by atoms with Crippen LogP contribution in [0.15, 0.2) is 83.8 Å². The average Bonchev–Trinajstić information content (AvgIpc) is 2.67. The molecule has 0 aliphatic heterocycles. The van der Waals surface area contributed by atoms with Crippen molar-refractivity contribution in [2.75, 3.05) is 11.9 Å². The van der Waals surface area contributed by atoms with Crippen molar-refractivity contribution in [1.82, 2.24) is 0 Å². The van der Waals surface area contributed by atoms with Crippen molar-refractivity contribution in [3.63, 3.8) is 0 Å². The number of nitrogens with two attached hydrogens (primary N) is 1. The second-order valence-corrected chi connectivity index (χ2v) is 7.33. The normalized spacial score (nSPS) is 11.0. The smallest absolute Gasteiger partial charge is 0.262 e. The third-order valence-electron chi connectivity index (χ3n) is 3.78. The predicted molar refractivity (Wildman–Crippen MR) is 104 cm³/mol. The molecular weight excluding hydrogens is 364 g/mol. The van der Waals surface area contributed by atoms with Crippen LogP contribution in [0.4, 0.5) is 5.69 Å². The molecule has 0 saturated heterocycles. The third-order valence-corrected chi connectivity index (χ3v) is 4.69. The Kier molecular flexibility index (Phi) is 5.54. The molecule has 138 valence electrons. The van der Waals surface area contributed by atoms with E-state index >= 15 is 0 Å². The zero-order chi connectivity index (χ0) is 19.3. The van der Waals surface area contributed by atoms with E-state index in [0.717, 1.165) is 11.1 Å². The lowest BCUT2D eigenvalue weighted by Gasteiger charge is -2.12. The fourth-order valence-electron chi connectivity index (χ4n) is 2.54. The van der Waals surface area contributed by atoms with E-state index in [2.05, 4.69) is 5.32 Å². The highest BCUT2D eigenvalue weighted by atomic mass is 32.2. The third kappa shape index (κ3) is 4.93. The minimum atomic E-state index is -3.84. The number of anilines is 1. The lowest BCUT2D eigenvalue weighted by atomic mass is 10.1. The van der Waals surface area contributed by atoms with Crippen molar-refractivity contribution < 1.29 is 17.9 Å². The number of hydrogen-bond acceptors (Lipinski definition) is 4. The molecule has 0 bridgehead atoms. The first-order valence-electron chi connectivity index (χ1n) is 8.13. The second-order valence-electron chi connectivity index (χ2n) is 5.77. The minimum absolute atomic E-state index is 0.0735. The van der Waals surface area contributed by atoms with Crippen LogP contribution >= 0.6 is 0 Å². The Labute approximate surface area is 157 Å². The van der Waals surface area contributed by atoms with Crippen LogP contribution < -0.4 is 15.2 Å². The number of carbonyl (C=O) groups excluding carboxylic acids is 1. The maximum atomic E-state index is 12.2. The summed E-state index contributed by atoms with van der Waals surface area (Å²) in [7, 11) is -3.84. The number of benzene rings is 3. The van der Waals surface area contributed by atoms with E-state index in [1.54, 1.807) is 12.1 Å². The first kappa shape index (κ1) is 18.6. The van der Waals surface area contributed by atoms with Gasteiger partial charge in [-0.25, -0.2) is 13.6 Å². The fourth-order valence-corrected chi connectivity index (χ4v) is 3.10. The fraction of sp³-hybridized carbons (Fsp3) is 0.0500. The van der Waals surface area contributed by atoms with Gasteiger partial charge in [0.15, 0.2) is 6.61 Å². The van der Waals surface area contributed by atoms with Gasteiger partial charge in [0, 0.05) is 11.3 Å². The number of amides is 1. The molecule has 0 radical (unpaired) electrons. The lowest BCUT2D eigenvalue weighted by molar-refractivity contribution is -0.118. The van der Waals surface area contributed by atoms with E-state index in [9.17, 15) is 13.2 Å². The molecule has 27 heavy (non-hydrogen) atoms. The molecule has 0 spiro atoms. The summed E-state index contributed by atoms with van der Waals surface area (Å²) in [5.41, 5.74) is 2.18. The summed E-state index contributed by atoms with van der Waals surface area (Å²) < 4.78 is 28.5. The van der Waals surface area contributed by atoms with Gasteiger partial charge in [-0.05, 0) is 29.8 Å². The quantitative estimate of drug-likeness (QED) is 0.685. The van der Waals surface area contributed by atoms with Crippen LogP contribution in [0.5, 0.6) is 5.75 Å².